The first-order chi connectivity index (χ1) is 11.2. The van der Waals surface area contributed by atoms with Crippen molar-refractivity contribution in [3.8, 4) is 0 Å². The molecule has 3 aliphatic rings. The number of rotatable bonds is 2. The molecule has 4 nitrogen and oxygen atoms in total. The van der Waals surface area contributed by atoms with Crippen molar-refractivity contribution in [2.45, 2.75) is 52.9 Å². The standard InChI is InChI=1S/C20H28O4/c1-5-18(2)9-8-14-13(12-18)6-7-15-19(3,16(21)22)10-11-24-17(23)20(14,15)4/h5,8,13,15H,1,6-7,9-12H2,2-4H3,(H,21,22)/t13-,15-,18-,19-,20+/m1/s1. The van der Waals surface area contributed by atoms with Crippen LogP contribution in [-0.4, -0.2) is 23.7 Å². The van der Waals surface area contributed by atoms with Crippen LogP contribution in [0.2, 0.25) is 0 Å². The molecule has 1 saturated heterocycles. The number of cyclic esters (lactones) is 1. The van der Waals surface area contributed by atoms with E-state index in [1.165, 1.54) is 0 Å². The second-order valence-electron chi connectivity index (χ2n) is 8.56. The van der Waals surface area contributed by atoms with Gasteiger partial charge in [0.2, 0.25) is 0 Å². The summed E-state index contributed by atoms with van der Waals surface area (Å²) in [4.78, 5) is 24.9. The Hall–Kier alpha value is -1.58. The van der Waals surface area contributed by atoms with Gasteiger partial charge in [-0.15, -0.1) is 6.58 Å². The van der Waals surface area contributed by atoms with Gasteiger partial charge in [-0.2, -0.15) is 0 Å². The molecule has 24 heavy (non-hydrogen) atoms. The Morgan fingerprint density at radius 3 is 2.71 bits per heavy atom. The normalized spacial score (nSPS) is 45.1. The highest BCUT2D eigenvalue weighted by Crippen LogP contribution is 2.60. The van der Waals surface area contributed by atoms with Crippen molar-refractivity contribution >= 4 is 11.9 Å². The molecule has 0 aromatic carbocycles. The smallest absolute Gasteiger partial charge is 0.316 e. The highest BCUT2D eigenvalue weighted by Gasteiger charge is 2.61. The molecular weight excluding hydrogens is 304 g/mol. The van der Waals surface area contributed by atoms with Crippen LogP contribution in [0.15, 0.2) is 24.3 Å². The van der Waals surface area contributed by atoms with Crippen molar-refractivity contribution in [3.63, 3.8) is 0 Å². The maximum atomic E-state index is 12.9. The lowest BCUT2D eigenvalue weighted by Gasteiger charge is -2.52. The van der Waals surface area contributed by atoms with Crippen LogP contribution >= 0.6 is 0 Å². The van der Waals surface area contributed by atoms with E-state index in [2.05, 4.69) is 19.6 Å². The maximum absolute atomic E-state index is 12.9. The Bertz CT molecular complexity index is 621. The zero-order chi connectivity index (χ0) is 17.8. The minimum Gasteiger partial charge on any atom is -0.481 e. The average molecular weight is 332 g/mol. The number of allylic oxidation sites excluding steroid dienone is 2. The van der Waals surface area contributed by atoms with E-state index in [9.17, 15) is 14.7 Å². The van der Waals surface area contributed by atoms with Crippen molar-refractivity contribution in [3.05, 3.63) is 24.3 Å². The van der Waals surface area contributed by atoms with Gasteiger partial charge in [0, 0.05) is 0 Å². The molecule has 3 rings (SSSR count). The number of carboxylic acid groups (broad SMARTS) is 1. The lowest BCUT2D eigenvalue weighted by Crippen LogP contribution is -2.52. The Labute approximate surface area is 144 Å². The molecule has 0 amide bonds. The monoisotopic (exact) mass is 332 g/mol. The third-order valence-corrected chi connectivity index (χ3v) is 7.07. The molecule has 0 aromatic heterocycles. The number of esters is 1. The Morgan fingerprint density at radius 1 is 1.38 bits per heavy atom. The molecule has 0 unspecified atom stereocenters. The first-order valence-electron chi connectivity index (χ1n) is 8.92. The zero-order valence-corrected chi connectivity index (χ0v) is 14.9. The van der Waals surface area contributed by atoms with Crippen LogP contribution < -0.4 is 0 Å². The van der Waals surface area contributed by atoms with E-state index in [-0.39, 0.29) is 23.9 Å². The van der Waals surface area contributed by atoms with Gasteiger partial charge in [0.05, 0.1) is 17.4 Å². The molecule has 2 fully saturated rings. The molecule has 4 heteroatoms. The first-order valence-corrected chi connectivity index (χ1v) is 8.92. The lowest BCUT2D eigenvalue weighted by atomic mass is 9.50. The zero-order valence-electron chi connectivity index (χ0n) is 14.9. The molecule has 1 N–H and O–H groups in total. The van der Waals surface area contributed by atoms with Crippen LogP contribution in [0.3, 0.4) is 0 Å². The Morgan fingerprint density at radius 2 is 2.08 bits per heavy atom. The SMILES string of the molecule is C=C[C@]1(C)CC=C2[C@H](CC[C@H]3[C@@]2(C)C(=O)OCC[C@@]3(C)C(=O)O)C1. The first kappa shape index (κ1) is 17.2. The highest BCUT2D eigenvalue weighted by molar-refractivity contribution is 5.84. The summed E-state index contributed by atoms with van der Waals surface area (Å²) >= 11 is 0. The van der Waals surface area contributed by atoms with Gasteiger partial charge in [0.15, 0.2) is 0 Å². The van der Waals surface area contributed by atoms with Crippen LogP contribution in [0.5, 0.6) is 0 Å². The summed E-state index contributed by atoms with van der Waals surface area (Å²) in [6, 6.07) is 0. The number of hydrogen-bond acceptors (Lipinski definition) is 3. The van der Waals surface area contributed by atoms with Crippen molar-refractivity contribution in [2.24, 2.45) is 28.1 Å². The molecule has 0 bridgehead atoms. The van der Waals surface area contributed by atoms with Gasteiger partial charge in [-0.05, 0) is 63.2 Å². The molecule has 1 aliphatic heterocycles. The number of carboxylic acids is 1. The molecule has 132 valence electrons. The van der Waals surface area contributed by atoms with Crippen LogP contribution in [-0.2, 0) is 14.3 Å². The minimum absolute atomic E-state index is 0.0576. The second-order valence-corrected chi connectivity index (χ2v) is 8.56. The van der Waals surface area contributed by atoms with E-state index >= 15 is 0 Å². The summed E-state index contributed by atoms with van der Waals surface area (Å²) < 4.78 is 5.49. The average Bonchev–Trinajstić information content (AvgIpc) is 2.63. The Balaban J connectivity index is 2.10. The van der Waals surface area contributed by atoms with Crippen LogP contribution in [0, 0.1) is 28.1 Å². The van der Waals surface area contributed by atoms with E-state index in [1.807, 2.05) is 13.0 Å². The number of hydrogen-bond donors (Lipinski definition) is 1. The molecule has 5 atom stereocenters. The van der Waals surface area contributed by atoms with Gasteiger partial charge in [-0.25, -0.2) is 0 Å². The van der Waals surface area contributed by atoms with Crippen molar-refractivity contribution in [2.75, 3.05) is 6.61 Å². The van der Waals surface area contributed by atoms with Crippen LogP contribution in [0.25, 0.3) is 0 Å². The summed E-state index contributed by atoms with van der Waals surface area (Å²) in [7, 11) is 0. The maximum Gasteiger partial charge on any atom is 0.316 e. The van der Waals surface area contributed by atoms with E-state index < -0.39 is 16.8 Å². The van der Waals surface area contributed by atoms with Crippen molar-refractivity contribution in [1.82, 2.24) is 0 Å². The third-order valence-electron chi connectivity index (χ3n) is 7.07. The van der Waals surface area contributed by atoms with Crippen LogP contribution in [0.1, 0.15) is 52.9 Å². The number of carbonyl (C=O) groups excluding carboxylic acids is 1. The fraction of sp³-hybridized carbons (Fsp3) is 0.700. The van der Waals surface area contributed by atoms with Gasteiger partial charge in [-0.3, -0.25) is 9.59 Å². The van der Waals surface area contributed by atoms with E-state index in [1.54, 1.807) is 6.92 Å². The molecule has 1 heterocycles. The summed E-state index contributed by atoms with van der Waals surface area (Å²) in [6.07, 6.45) is 8.09. The van der Waals surface area contributed by atoms with E-state index in [0.717, 1.165) is 31.3 Å². The summed E-state index contributed by atoms with van der Waals surface area (Å²) in [5.41, 5.74) is -0.583. The quantitative estimate of drug-likeness (QED) is 0.614. The minimum atomic E-state index is -0.925. The van der Waals surface area contributed by atoms with E-state index in [4.69, 9.17) is 4.74 Å². The van der Waals surface area contributed by atoms with E-state index in [0.29, 0.717) is 12.3 Å². The van der Waals surface area contributed by atoms with Crippen molar-refractivity contribution < 1.29 is 19.4 Å². The number of aliphatic carboxylic acids is 1. The second kappa shape index (κ2) is 5.47. The lowest BCUT2D eigenvalue weighted by molar-refractivity contribution is -0.160. The van der Waals surface area contributed by atoms with Gasteiger partial charge < -0.3 is 9.84 Å². The number of fused-ring (bicyclic) bond motifs is 3. The summed E-state index contributed by atoms with van der Waals surface area (Å²) in [5.74, 6) is -0.960. The predicted molar refractivity (Wildman–Crippen MR) is 91.3 cm³/mol. The topological polar surface area (TPSA) is 63.6 Å². The number of carbonyl (C=O) groups is 2. The predicted octanol–water partition coefficient (Wildman–Crippen LogP) is 3.97. The summed E-state index contributed by atoms with van der Waals surface area (Å²) in [5, 5.41) is 9.88. The van der Waals surface area contributed by atoms with Gasteiger partial charge >= 0.3 is 11.9 Å². The molecule has 0 radical (unpaired) electrons. The molecule has 1 saturated carbocycles. The van der Waals surface area contributed by atoms with Gasteiger partial charge in [-0.1, -0.05) is 24.6 Å². The molecular formula is C20H28O4. The highest BCUT2D eigenvalue weighted by atomic mass is 16.5. The fourth-order valence-electron chi connectivity index (χ4n) is 5.34. The molecule has 0 aromatic rings. The molecule has 0 spiro atoms. The van der Waals surface area contributed by atoms with Gasteiger partial charge in [0.25, 0.3) is 0 Å². The Kier molecular flexibility index (Phi) is 3.93. The largest absolute Gasteiger partial charge is 0.481 e. The van der Waals surface area contributed by atoms with Crippen molar-refractivity contribution in [1.29, 1.82) is 0 Å². The van der Waals surface area contributed by atoms with Crippen LogP contribution in [0.4, 0.5) is 0 Å². The molecule has 2 aliphatic carbocycles. The fourth-order valence-corrected chi connectivity index (χ4v) is 5.34. The third kappa shape index (κ3) is 2.26. The number of ether oxygens (including phenoxy) is 1. The summed E-state index contributed by atoms with van der Waals surface area (Å²) in [6.45, 7) is 10.1. The van der Waals surface area contributed by atoms with Gasteiger partial charge in [0.1, 0.15) is 0 Å².